The molecule has 0 aliphatic rings. The summed E-state index contributed by atoms with van der Waals surface area (Å²) in [4.78, 5) is 0. The van der Waals surface area contributed by atoms with E-state index in [1.807, 2.05) is 0 Å². The Bertz CT molecular complexity index is 573. The summed E-state index contributed by atoms with van der Waals surface area (Å²) in [6.07, 6.45) is 0. The predicted octanol–water partition coefficient (Wildman–Crippen LogP) is 4.01. The molecule has 2 aromatic rings. The van der Waals surface area contributed by atoms with Crippen molar-refractivity contribution in [1.29, 1.82) is 0 Å². The average molecular weight is 315 g/mol. The maximum absolute atomic E-state index is 13.4. The van der Waals surface area contributed by atoms with Crippen molar-refractivity contribution in [2.24, 2.45) is 0 Å². The lowest BCUT2D eigenvalue weighted by molar-refractivity contribution is 0.275. The van der Waals surface area contributed by atoms with Gasteiger partial charge in [-0.1, -0.05) is 28.1 Å². The molecule has 0 heterocycles. The van der Waals surface area contributed by atoms with Gasteiger partial charge in [-0.25, -0.2) is 4.39 Å². The summed E-state index contributed by atoms with van der Waals surface area (Å²) in [6.45, 7) is -0.250. The van der Waals surface area contributed by atoms with Crippen LogP contribution < -0.4 is 4.74 Å². The molecular formula is C13H9BrF2O2. The number of benzene rings is 2. The van der Waals surface area contributed by atoms with Gasteiger partial charge in [-0.2, -0.15) is 4.39 Å². The molecule has 2 aromatic carbocycles. The molecule has 0 radical (unpaired) electrons. The van der Waals surface area contributed by atoms with Gasteiger partial charge in [0.25, 0.3) is 0 Å². The van der Waals surface area contributed by atoms with Gasteiger partial charge in [0.1, 0.15) is 5.75 Å². The van der Waals surface area contributed by atoms with Crippen molar-refractivity contribution in [3.63, 3.8) is 0 Å². The van der Waals surface area contributed by atoms with Crippen molar-refractivity contribution in [3.05, 3.63) is 58.1 Å². The van der Waals surface area contributed by atoms with Crippen LogP contribution >= 0.6 is 15.9 Å². The van der Waals surface area contributed by atoms with Crippen LogP contribution in [-0.4, -0.2) is 5.11 Å². The van der Waals surface area contributed by atoms with Gasteiger partial charge in [-0.05, 0) is 24.3 Å². The monoisotopic (exact) mass is 314 g/mol. The Morgan fingerprint density at radius 1 is 1.11 bits per heavy atom. The van der Waals surface area contributed by atoms with Crippen molar-refractivity contribution < 1.29 is 18.6 Å². The van der Waals surface area contributed by atoms with E-state index in [1.165, 1.54) is 12.1 Å². The summed E-state index contributed by atoms with van der Waals surface area (Å²) in [5, 5.41) is 9.15. The minimum Gasteiger partial charge on any atom is -0.454 e. The van der Waals surface area contributed by atoms with Gasteiger partial charge in [0.2, 0.25) is 5.82 Å². The molecule has 0 unspecified atom stereocenters. The Balaban J connectivity index is 2.39. The summed E-state index contributed by atoms with van der Waals surface area (Å²) >= 11 is 3.24. The number of aliphatic hydroxyl groups excluding tert-OH is 1. The second-order valence-corrected chi connectivity index (χ2v) is 4.48. The smallest absolute Gasteiger partial charge is 0.201 e. The highest BCUT2D eigenvalue weighted by Crippen LogP contribution is 2.30. The van der Waals surface area contributed by atoms with Gasteiger partial charge >= 0.3 is 0 Å². The molecule has 0 amide bonds. The van der Waals surface area contributed by atoms with Crippen LogP contribution in [0.2, 0.25) is 0 Å². The van der Waals surface area contributed by atoms with Crippen molar-refractivity contribution in [1.82, 2.24) is 0 Å². The maximum Gasteiger partial charge on any atom is 0.201 e. The van der Waals surface area contributed by atoms with Crippen molar-refractivity contribution in [2.45, 2.75) is 6.61 Å². The lowest BCUT2D eigenvalue weighted by atomic mass is 10.2. The molecule has 2 rings (SSSR count). The molecule has 0 fully saturated rings. The van der Waals surface area contributed by atoms with Gasteiger partial charge in [0.05, 0.1) is 6.61 Å². The molecule has 0 aliphatic carbocycles. The first-order valence-electron chi connectivity index (χ1n) is 5.13. The molecule has 0 atom stereocenters. The molecule has 0 saturated heterocycles. The van der Waals surface area contributed by atoms with Crippen molar-refractivity contribution >= 4 is 15.9 Å². The minimum absolute atomic E-state index is 0.220. The van der Waals surface area contributed by atoms with E-state index in [9.17, 15) is 8.78 Å². The van der Waals surface area contributed by atoms with Crippen molar-refractivity contribution in [3.8, 4) is 11.5 Å². The fraction of sp³-hybridized carbons (Fsp3) is 0.0769. The molecule has 0 aromatic heterocycles. The van der Waals surface area contributed by atoms with E-state index in [0.717, 1.165) is 6.07 Å². The van der Waals surface area contributed by atoms with Gasteiger partial charge in [-0.3, -0.25) is 0 Å². The number of hydrogen-bond acceptors (Lipinski definition) is 2. The summed E-state index contributed by atoms with van der Waals surface area (Å²) in [7, 11) is 0. The van der Waals surface area contributed by atoms with Gasteiger partial charge in [-0.15, -0.1) is 0 Å². The summed E-state index contributed by atoms with van der Waals surface area (Å²) < 4.78 is 32.5. The van der Waals surface area contributed by atoms with Gasteiger partial charge in [0, 0.05) is 10.0 Å². The molecule has 2 nitrogen and oxygen atoms in total. The molecule has 0 spiro atoms. The van der Waals surface area contributed by atoms with Crippen LogP contribution in [0.15, 0.2) is 40.9 Å². The highest BCUT2D eigenvalue weighted by molar-refractivity contribution is 9.10. The molecule has 0 bridgehead atoms. The number of rotatable bonds is 3. The van der Waals surface area contributed by atoms with E-state index < -0.39 is 11.6 Å². The summed E-state index contributed by atoms with van der Waals surface area (Å²) in [5.41, 5.74) is 0.488. The third-order valence-corrected chi connectivity index (χ3v) is 2.83. The summed E-state index contributed by atoms with van der Waals surface area (Å²) in [6, 6.07) is 8.62. The Morgan fingerprint density at radius 3 is 2.61 bits per heavy atom. The zero-order valence-electron chi connectivity index (χ0n) is 9.16. The Labute approximate surface area is 111 Å². The average Bonchev–Trinajstić information content (AvgIpc) is 2.35. The largest absolute Gasteiger partial charge is 0.454 e. The molecule has 1 N–H and O–H groups in total. The van der Waals surface area contributed by atoms with Crippen LogP contribution in [0.3, 0.4) is 0 Å². The molecular weight excluding hydrogens is 306 g/mol. The highest BCUT2D eigenvalue weighted by Gasteiger charge is 2.12. The molecule has 0 saturated carbocycles. The topological polar surface area (TPSA) is 29.5 Å². The standard InChI is InChI=1S/C13H9BrF2O2/c14-9-5-4-8(7-17)12(6-9)18-11-3-1-2-10(15)13(11)16/h1-6,17H,7H2. The predicted molar refractivity (Wildman–Crippen MR) is 66.5 cm³/mol. The first kappa shape index (κ1) is 13.0. The molecule has 5 heteroatoms. The first-order chi connectivity index (χ1) is 8.61. The van der Waals surface area contributed by atoms with Gasteiger partial charge < -0.3 is 9.84 Å². The fourth-order valence-corrected chi connectivity index (χ4v) is 1.78. The highest BCUT2D eigenvalue weighted by atomic mass is 79.9. The van der Waals surface area contributed by atoms with Crippen molar-refractivity contribution in [2.75, 3.05) is 0 Å². The second-order valence-electron chi connectivity index (χ2n) is 3.56. The van der Waals surface area contributed by atoms with Crippen LogP contribution in [0.1, 0.15) is 5.56 Å². The van der Waals surface area contributed by atoms with E-state index in [0.29, 0.717) is 10.0 Å². The SMILES string of the molecule is OCc1ccc(Br)cc1Oc1cccc(F)c1F. The Morgan fingerprint density at radius 2 is 1.89 bits per heavy atom. The van der Waals surface area contributed by atoms with Crippen LogP contribution in [0, 0.1) is 11.6 Å². The zero-order chi connectivity index (χ0) is 13.1. The quantitative estimate of drug-likeness (QED) is 0.927. The van der Waals surface area contributed by atoms with Crippen LogP contribution in [0.25, 0.3) is 0 Å². The van der Waals surface area contributed by atoms with Crippen LogP contribution in [0.4, 0.5) is 8.78 Å². The zero-order valence-corrected chi connectivity index (χ0v) is 10.7. The third-order valence-electron chi connectivity index (χ3n) is 2.34. The lowest BCUT2D eigenvalue weighted by Crippen LogP contribution is -1.95. The fourth-order valence-electron chi connectivity index (χ4n) is 1.44. The van der Waals surface area contributed by atoms with Gasteiger partial charge in [0.15, 0.2) is 11.6 Å². The number of ether oxygens (including phenoxy) is 1. The van der Waals surface area contributed by atoms with Crippen LogP contribution in [0.5, 0.6) is 11.5 Å². The summed E-state index contributed by atoms with van der Waals surface area (Å²) in [5.74, 6) is -1.98. The maximum atomic E-state index is 13.4. The van der Waals surface area contributed by atoms with E-state index in [1.54, 1.807) is 18.2 Å². The number of halogens is 3. The van der Waals surface area contributed by atoms with E-state index >= 15 is 0 Å². The van der Waals surface area contributed by atoms with E-state index in [-0.39, 0.29) is 18.1 Å². The normalized spacial score (nSPS) is 10.4. The Kier molecular flexibility index (Phi) is 3.93. The minimum atomic E-state index is -1.05. The number of aliphatic hydroxyl groups is 1. The Hall–Kier alpha value is -1.46. The second kappa shape index (κ2) is 5.46. The third kappa shape index (κ3) is 2.68. The lowest BCUT2D eigenvalue weighted by Gasteiger charge is -2.11. The van der Waals surface area contributed by atoms with E-state index in [2.05, 4.69) is 15.9 Å². The molecule has 0 aliphatic heterocycles. The molecule has 94 valence electrons. The van der Waals surface area contributed by atoms with Crippen LogP contribution in [-0.2, 0) is 6.61 Å². The first-order valence-corrected chi connectivity index (χ1v) is 5.92. The molecule has 18 heavy (non-hydrogen) atoms. The number of hydrogen-bond donors (Lipinski definition) is 1. The van der Waals surface area contributed by atoms with E-state index in [4.69, 9.17) is 9.84 Å².